The maximum atomic E-state index is 11.7. The van der Waals surface area contributed by atoms with Gasteiger partial charge in [-0.2, -0.15) is 5.10 Å². The number of aryl methyl sites for hydroxylation is 1. The molecule has 1 amide bonds. The van der Waals surface area contributed by atoms with Crippen LogP contribution in [0.5, 0.6) is 0 Å². The van der Waals surface area contributed by atoms with Crippen molar-refractivity contribution in [3.05, 3.63) is 66.1 Å². The fraction of sp³-hybridized carbons (Fsp3) is 0.250. The van der Waals surface area contributed by atoms with Crippen LogP contribution in [0.1, 0.15) is 30.4 Å². The van der Waals surface area contributed by atoms with E-state index in [9.17, 15) is 4.79 Å². The highest BCUT2D eigenvalue weighted by atomic mass is 16.2. The molecule has 0 bridgehead atoms. The maximum absolute atomic E-state index is 11.7. The van der Waals surface area contributed by atoms with E-state index in [1.54, 1.807) is 17.0 Å². The minimum atomic E-state index is -0.311. The Morgan fingerprint density at radius 2 is 2.05 bits per heavy atom. The van der Waals surface area contributed by atoms with E-state index >= 15 is 0 Å². The van der Waals surface area contributed by atoms with Gasteiger partial charge in [-0.3, -0.25) is 4.79 Å². The number of carbonyl (C=O) groups excluding carboxylic acids is 1. The van der Waals surface area contributed by atoms with Gasteiger partial charge in [-0.15, -0.1) is 0 Å². The molecule has 1 aromatic carbocycles. The molecular formula is C16H18N4O. The highest BCUT2D eigenvalue weighted by Crippen LogP contribution is 2.27. The fourth-order valence-corrected chi connectivity index (χ4v) is 2.47. The van der Waals surface area contributed by atoms with Gasteiger partial charge < -0.3 is 10.2 Å². The van der Waals surface area contributed by atoms with Gasteiger partial charge in [0.05, 0.1) is 6.04 Å². The van der Waals surface area contributed by atoms with Crippen LogP contribution < -0.4 is 5.32 Å². The Balaban J connectivity index is 1.92. The number of aromatic nitrogens is 2. The van der Waals surface area contributed by atoms with Gasteiger partial charge in [-0.1, -0.05) is 29.8 Å². The molecule has 0 spiro atoms. The van der Waals surface area contributed by atoms with Crippen molar-refractivity contribution in [3.63, 3.8) is 0 Å². The molecule has 0 saturated carbocycles. The second-order valence-electron chi connectivity index (χ2n) is 5.22. The third-order valence-electron chi connectivity index (χ3n) is 3.73. The normalized spacial score (nSPS) is 19.4. The standard InChI is InChI=1S/C16H18N4O/c1-12-4-6-14(7-5-12)13(2)19-11-8-15(21)18-16(19)20-10-3-9-17-20/h3-11,13,16H,1-2H3,(H,18,21)/t13-,16?/m0/s1. The molecule has 1 aliphatic heterocycles. The minimum Gasteiger partial charge on any atom is -0.332 e. The third kappa shape index (κ3) is 2.67. The SMILES string of the molecule is Cc1ccc([C@H](C)N2C=CC(=O)NC2n2cccn2)cc1. The summed E-state index contributed by atoms with van der Waals surface area (Å²) in [6, 6.07) is 10.4. The van der Waals surface area contributed by atoms with Crippen LogP contribution in [0.15, 0.2) is 55.0 Å². The Bertz CT molecular complexity index is 645. The molecule has 108 valence electrons. The molecule has 1 N–H and O–H groups in total. The minimum absolute atomic E-state index is 0.108. The molecular weight excluding hydrogens is 264 g/mol. The highest BCUT2D eigenvalue weighted by molar-refractivity contribution is 5.88. The molecule has 0 fully saturated rings. The van der Waals surface area contributed by atoms with Crippen LogP contribution in [0, 0.1) is 6.92 Å². The van der Waals surface area contributed by atoms with Gasteiger partial charge in [-0.05, 0) is 25.5 Å². The molecule has 3 rings (SSSR count). The summed E-state index contributed by atoms with van der Waals surface area (Å²) >= 11 is 0. The quantitative estimate of drug-likeness (QED) is 0.940. The van der Waals surface area contributed by atoms with Crippen molar-refractivity contribution >= 4 is 5.91 Å². The molecule has 0 radical (unpaired) electrons. The lowest BCUT2D eigenvalue weighted by Crippen LogP contribution is -2.46. The number of rotatable bonds is 3. The van der Waals surface area contributed by atoms with Gasteiger partial charge in [0.15, 0.2) is 0 Å². The Morgan fingerprint density at radius 3 is 2.71 bits per heavy atom. The zero-order valence-corrected chi connectivity index (χ0v) is 12.1. The molecule has 2 aromatic rings. The fourth-order valence-electron chi connectivity index (χ4n) is 2.47. The van der Waals surface area contributed by atoms with Crippen molar-refractivity contribution in [3.8, 4) is 0 Å². The van der Waals surface area contributed by atoms with E-state index in [4.69, 9.17) is 0 Å². The highest BCUT2D eigenvalue weighted by Gasteiger charge is 2.27. The Labute approximate surface area is 123 Å². The summed E-state index contributed by atoms with van der Waals surface area (Å²) in [5, 5.41) is 7.17. The van der Waals surface area contributed by atoms with Crippen molar-refractivity contribution in [2.45, 2.75) is 26.2 Å². The molecule has 5 nitrogen and oxygen atoms in total. The first-order valence-electron chi connectivity index (χ1n) is 6.97. The first-order chi connectivity index (χ1) is 10.1. The topological polar surface area (TPSA) is 50.2 Å². The number of carbonyl (C=O) groups is 1. The second-order valence-corrected chi connectivity index (χ2v) is 5.22. The van der Waals surface area contributed by atoms with E-state index in [1.165, 1.54) is 11.1 Å². The molecule has 0 aliphatic carbocycles. The third-order valence-corrected chi connectivity index (χ3v) is 3.73. The van der Waals surface area contributed by atoms with Gasteiger partial charge in [-0.25, -0.2) is 4.68 Å². The number of benzene rings is 1. The molecule has 2 atom stereocenters. The van der Waals surface area contributed by atoms with Crippen LogP contribution in [0.25, 0.3) is 0 Å². The molecule has 1 aliphatic rings. The Kier molecular flexibility index (Phi) is 3.48. The molecule has 1 aromatic heterocycles. The van der Waals surface area contributed by atoms with Crippen molar-refractivity contribution in [1.29, 1.82) is 0 Å². The smallest absolute Gasteiger partial charge is 0.248 e. The summed E-state index contributed by atoms with van der Waals surface area (Å²) in [6.07, 6.45) is 6.62. The molecule has 2 heterocycles. The molecule has 0 saturated heterocycles. The summed E-state index contributed by atoms with van der Waals surface area (Å²) in [5.41, 5.74) is 2.43. The lowest BCUT2D eigenvalue weighted by Gasteiger charge is -2.38. The zero-order valence-electron chi connectivity index (χ0n) is 12.1. The number of amides is 1. The van der Waals surface area contributed by atoms with Crippen LogP contribution >= 0.6 is 0 Å². The number of hydrogen-bond acceptors (Lipinski definition) is 3. The summed E-state index contributed by atoms with van der Waals surface area (Å²) in [5.74, 6) is -0.108. The van der Waals surface area contributed by atoms with E-state index in [2.05, 4.69) is 53.4 Å². The average molecular weight is 282 g/mol. The van der Waals surface area contributed by atoms with Crippen LogP contribution in [0.3, 0.4) is 0 Å². The van der Waals surface area contributed by atoms with Gasteiger partial charge in [0, 0.05) is 24.7 Å². The lowest BCUT2D eigenvalue weighted by atomic mass is 10.1. The van der Waals surface area contributed by atoms with Gasteiger partial charge in [0.2, 0.25) is 12.2 Å². The molecule has 21 heavy (non-hydrogen) atoms. The van der Waals surface area contributed by atoms with Crippen molar-refractivity contribution in [2.24, 2.45) is 0 Å². The lowest BCUT2D eigenvalue weighted by molar-refractivity contribution is -0.121. The van der Waals surface area contributed by atoms with Crippen molar-refractivity contribution in [2.75, 3.05) is 0 Å². The number of nitrogens with zero attached hydrogens (tertiary/aromatic N) is 3. The first-order valence-corrected chi connectivity index (χ1v) is 6.97. The maximum Gasteiger partial charge on any atom is 0.248 e. The Morgan fingerprint density at radius 1 is 1.29 bits per heavy atom. The van der Waals surface area contributed by atoms with Crippen LogP contribution in [-0.4, -0.2) is 20.6 Å². The van der Waals surface area contributed by atoms with Gasteiger partial charge >= 0.3 is 0 Å². The van der Waals surface area contributed by atoms with E-state index in [0.29, 0.717) is 0 Å². The van der Waals surface area contributed by atoms with E-state index < -0.39 is 0 Å². The predicted octanol–water partition coefficient (Wildman–Crippen LogP) is 2.35. The van der Waals surface area contributed by atoms with Gasteiger partial charge in [0.1, 0.15) is 0 Å². The summed E-state index contributed by atoms with van der Waals surface area (Å²) in [4.78, 5) is 13.7. The molecule has 5 heteroatoms. The summed E-state index contributed by atoms with van der Waals surface area (Å²) in [7, 11) is 0. The average Bonchev–Trinajstić information content (AvgIpc) is 3.01. The van der Waals surface area contributed by atoms with E-state index in [-0.39, 0.29) is 18.2 Å². The van der Waals surface area contributed by atoms with Crippen LogP contribution in [0.2, 0.25) is 0 Å². The van der Waals surface area contributed by atoms with E-state index in [1.807, 2.05) is 18.5 Å². The largest absolute Gasteiger partial charge is 0.332 e. The van der Waals surface area contributed by atoms with Crippen molar-refractivity contribution in [1.82, 2.24) is 20.0 Å². The predicted molar refractivity (Wildman–Crippen MR) is 80.0 cm³/mol. The number of nitrogens with one attached hydrogen (secondary N) is 1. The van der Waals surface area contributed by atoms with Crippen LogP contribution in [0.4, 0.5) is 0 Å². The first kappa shape index (κ1) is 13.4. The Hall–Kier alpha value is -2.56. The van der Waals surface area contributed by atoms with Crippen LogP contribution in [-0.2, 0) is 4.79 Å². The monoisotopic (exact) mass is 282 g/mol. The molecule has 1 unspecified atom stereocenters. The summed E-state index contributed by atoms with van der Waals surface area (Å²) in [6.45, 7) is 4.19. The number of hydrogen-bond donors (Lipinski definition) is 1. The van der Waals surface area contributed by atoms with Crippen molar-refractivity contribution < 1.29 is 4.79 Å². The second kappa shape index (κ2) is 5.44. The zero-order chi connectivity index (χ0) is 14.8. The van der Waals surface area contributed by atoms with E-state index in [0.717, 1.165) is 0 Å². The summed E-state index contributed by atoms with van der Waals surface area (Å²) < 4.78 is 1.74. The van der Waals surface area contributed by atoms with Gasteiger partial charge in [0.25, 0.3) is 0 Å².